The molecule has 2 aromatic rings. The Balaban J connectivity index is 2.16. The number of hydrogen-bond donors (Lipinski definition) is 2. The Morgan fingerprint density at radius 3 is 2.55 bits per heavy atom. The van der Waals surface area contributed by atoms with Crippen molar-refractivity contribution in [2.24, 2.45) is 0 Å². The number of carbonyl (C=O) groups is 1. The van der Waals surface area contributed by atoms with E-state index in [1.165, 1.54) is 0 Å². The second kappa shape index (κ2) is 5.96. The van der Waals surface area contributed by atoms with Crippen LogP contribution < -0.4 is 5.73 Å². The van der Waals surface area contributed by atoms with E-state index in [1.54, 1.807) is 54.4 Å². The van der Waals surface area contributed by atoms with Crippen LogP contribution in [0.4, 0.5) is 5.69 Å². The van der Waals surface area contributed by atoms with E-state index < -0.39 is 0 Å². The lowest BCUT2D eigenvalue weighted by molar-refractivity contribution is 0.0786. The van der Waals surface area contributed by atoms with Crippen LogP contribution >= 0.6 is 15.9 Å². The van der Waals surface area contributed by atoms with Crippen molar-refractivity contribution in [2.45, 2.75) is 6.54 Å². The van der Waals surface area contributed by atoms with E-state index in [0.29, 0.717) is 17.8 Å². The third kappa shape index (κ3) is 3.30. The number of nitrogen functional groups attached to an aromatic ring is 1. The Morgan fingerprint density at radius 1 is 1.25 bits per heavy atom. The molecule has 0 heterocycles. The van der Waals surface area contributed by atoms with Gasteiger partial charge in [-0.05, 0) is 35.9 Å². The highest BCUT2D eigenvalue weighted by atomic mass is 79.9. The molecular weight excluding hydrogens is 320 g/mol. The van der Waals surface area contributed by atoms with Crippen LogP contribution in [0.3, 0.4) is 0 Å². The van der Waals surface area contributed by atoms with Crippen LogP contribution in [0.5, 0.6) is 5.75 Å². The maximum absolute atomic E-state index is 12.4. The van der Waals surface area contributed by atoms with Crippen LogP contribution in [-0.4, -0.2) is 23.0 Å². The van der Waals surface area contributed by atoms with Crippen molar-refractivity contribution >= 4 is 27.5 Å². The van der Waals surface area contributed by atoms with Gasteiger partial charge < -0.3 is 15.7 Å². The highest BCUT2D eigenvalue weighted by Crippen LogP contribution is 2.20. The summed E-state index contributed by atoms with van der Waals surface area (Å²) in [7, 11) is 1.72. The van der Waals surface area contributed by atoms with Crippen molar-refractivity contribution in [3.63, 3.8) is 0 Å². The van der Waals surface area contributed by atoms with Crippen molar-refractivity contribution in [3.05, 3.63) is 58.1 Å². The molecule has 104 valence electrons. The van der Waals surface area contributed by atoms with Crippen LogP contribution in [0.15, 0.2) is 46.9 Å². The van der Waals surface area contributed by atoms with Gasteiger partial charge in [-0.15, -0.1) is 0 Å². The van der Waals surface area contributed by atoms with E-state index in [2.05, 4.69) is 15.9 Å². The Hall–Kier alpha value is -2.01. The fourth-order valence-electron chi connectivity index (χ4n) is 1.87. The number of nitrogens with two attached hydrogens (primary N) is 1. The van der Waals surface area contributed by atoms with E-state index in [9.17, 15) is 9.90 Å². The number of benzene rings is 2. The molecule has 0 aliphatic rings. The molecule has 3 N–H and O–H groups in total. The summed E-state index contributed by atoms with van der Waals surface area (Å²) in [6.45, 7) is 0.449. The first-order chi connectivity index (χ1) is 9.47. The van der Waals surface area contributed by atoms with Gasteiger partial charge in [0.25, 0.3) is 5.91 Å². The number of amides is 1. The summed E-state index contributed by atoms with van der Waals surface area (Å²) in [6, 6.07) is 12.0. The molecule has 0 aliphatic heterocycles. The van der Waals surface area contributed by atoms with Gasteiger partial charge in [-0.3, -0.25) is 4.79 Å². The van der Waals surface area contributed by atoms with Crippen LogP contribution in [-0.2, 0) is 6.54 Å². The summed E-state index contributed by atoms with van der Waals surface area (Å²) in [5, 5.41) is 9.24. The maximum atomic E-state index is 12.4. The fraction of sp³-hybridized carbons (Fsp3) is 0.133. The average Bonchev–Trinajstić information content (AvgIpc) is 2.43. The van der Waals surface area contributed by atoms with E-state index >= 15 is 0 Å². The monoisotopic (exact) mass is 334 g/mol. The third-order valence-electron chi connectivity index (χ3n) is 2.95. The summed E-state index contributed by atoms with van der Waals surface area (Å²) < 4.78 is 0.813. The predicted octanol–water partition coefficient (Wildman–Crippen LogP) is 3.01. The van der Waals surface area contributed by atoms with Crippen LogP contribution in [0.25, 0.3) is 0 Å². The first-order valence-electron chi connectivity index (χ1n) is 6.06. The Bertz CT molecular complexity index is 626. The molecular formula is C15H15BrN2O2. The lowest BCUT2D eigenvalue weighted by Crippen LogP contribution is -2.27. The number of anilines is 1. The number of phenols is 1. The van der Waals surface area contributed by atoms with Gasteiger partial charge in [-0.2, -0.15) is 0 Å². The summed E-state index contributed by atoms with van der Waals surface area (Å²) in [4.78, 5) is 14.0. The van der Waals surface area contributed by atoms with Gasteiger partial charge in [-0.1, -0.05) is 28.1 Å². The molecule has 0 aromatic heterocycles. The van der Waals surface area contributed by atoms with Gasteiger partial charge >= 0.3 is 0 Å². The number of aromatic hydroxyl groups is 1. The van der Waals surface area contributed by atoms with Gasteiger partial charge in [0.1, 0.15) is 5.75 Å². The molecule has 0 aliphatic carbocycles. The van der Waals surface area contributed by atoms with Crippen LogP contribution in [0.1, 0.15) is 15.9 Å². The molecule has 2 rings (SSSR count). The van der Waals surface area contributed by atoms with Gasteiger partial charge in [-0.25, -0.2) is 0 Å². The Morgan fingerprint density at radius 2 is 1.90 bits per heavy atom. The number of halogens is 1. The molecule has 0 atom stereocenters. The van der Waals surface area contributed by atoms with E-state index in [4.69, 9.17) is 5.73 Å². The molecule has 1 amide bonds. The molecule has 5 heteroatoms. The zero-order valence-corrected chi connectivity index (χ0v) is 12.6. The highest BCUT2D eigenvalue weighted by molar-refractivity contribution is 9.10. The summed E-state index contributed by atoms with van der Waals surface area (Å²) in [6.07, 6.45) is 0. The quantitative estimate of drug-likeness (QED) is 0.848. The molecule has 0 bridgehead atoms. The first-order valence-corrected chi connectivity index (χ1v) is 6.85. The van der Waals surface area contributed by atoms with Crippen LogP contribution in [0, 0.1) is 0 Å². The molecule has 20 heavy (non-hydrogen) atoms. The summed E-state index contributed by atoms with van der Waals surface area (Å²) in [5.41, 5.74) is 7.70. The minimum atomic E-state index is -0.142. The van der Waals surface area contributed by atoms with Gasteiger partial charge in [0.15, 0.2) is 0 Å². The predicted molar refractivity (Wildman–Crippen MR) is 82.5 cm³/mol. The normalized spacial score (nSPS) is 10.3. The van der Waals surface area contributed by atoms with Gasteiger partial charge in [0.05, 0.1) is 5.56 Å². The minimum Gasteiger partial charge on any atom is -0.508 e. The first kappa shape index (κ1) is 14.4. The number of carbonyl (C=O) groups excluding carboxylic acids is 1. The molecule has 0 saturated carbocycles. The molecule has 0 spiro atoms. The fourth-order valence-corrected chi connectivity index (χ4v) is 2.23. The van der Waals surface area contributed by atoms with Crippen molar-refractivity contribution in [2.75, 3.05) is 12.8 Å². The van der Waals surface area contributed by atoms with Crippen molar-refractivity contribution < 1.29 is 9.90 Å². The van der Waals surface area contributed by atoms with E-state index in [0.717, 1.165) is 10.0 Å². The average molecular weight is 335 g/mol. The molecule has 0 radical (unpaired) electrons. The van der Waals surface area contributed by atoms with Gasteiger partial charge in [0, 0.05) is 23.8 Å². The number of nitrogens with zero attached hydrogens (tertiary/aromatic N) is 1. The second-order valence-electron chi connectivity index (χ2n) is 4.56. The lowest BCUT2D eigenvalue weighted by Gasteiger charge is -2.18. The number of hydrogen-bond acceptors (Lipinski definition) is 3. The molecule has 4 nitrogen and oxygen atoms in total. The minimum absolute atomic E-state index is 0.142. The summed E-state index contributed by atoms with van der Waals surface area (Å²) in [5.74, 6) is 0.0656. The van der Waals surface area contributed by atoms with E-state index in [1.807, 2.05) is 0 Å². The smallest absolute Gasteiger partial charge is 0.256 e. The third-order valence-corrected chi connectivity index (χ3v) is 3.44. The molecule has 0 saturated heterocycles. The zero-order valence-electron chi connectivity index (χ0n) is 11.0. The molecule has 2 aromatic carbocycles. The second-order valence-corrected chi connectivity index (χ2v) is 5.47. The number of rotatable bonds is 3. The van der Waals surface area contributed by atoms with Gasteiger partial charge in [0.2, 0.25) is 0 Å². The Labute approximate surface area is 126 Å². The molecule has 0 fully saturated rings. The largest absolute Gasteiger partial charge is 0.508 e. The van der Waals surface area contributed by atoms with Crippen molar-refractivity contribution in [1.29, 1.82) is 0 Å². The lowest BCUT2D eigenvalue weighted by atomic mass is 10.1. The summed E-state index contributed by atoms with van der Waals surface area (Å²) >= 11 is 3.33. The number of phenolic OH excluding ortho intramolecular Hbond substituents is 1. The van der Waals surface area contributed by atoms with E-state index in [-0.39, 0.29) is 11.7 Å². The molecule has 0 unspecified atom stereocenters. The van der Waals surface area contributed by atoms with Crippen LogP contribution in [0.2, 0.25) is 0 Å². The zero-order chi connectivity index (χ0) is 14.7. The Kier molecular flexibility index (Phi) is 4.29. The maximum Gasteiger partial charge on any atom is 0.256 e. The highest BCUT2D eigenvalue weighted by Gasteiger charge is 2.15. The topological polar surface area (TPSA) is 66.6 Å². The van der Waals surface area contributed by atoms with Crippen molar-refractivity contribution in [3.8, 4) is 5.75 Å². The standard InChI is InChI=1S/C15H15BrN2O2/c1-18(9-10-2-5-12(19)6-3-10)15(20)13-8-11(16)4-7-14(13)17/h2-8,19H,9,17H2,1H3. The van der Waals surface area contributed by atoms with Crippen molar-refractivity contribution in [1.82, 2.24) is 4.90 Å². The SMILES string of the molecule is CN(Cc1ccc(O)cc1)C(=O)c1cc(Br)ccc1N.